The number of H-pyrrole nitrogens is 2. The van der Waals surface area contributed by atoms with Crippen LogP contribution >= 0.6 is 0 Å². The highest BCUT2D eigenvalue weighted by Gasteiger charge is 2.09. The standard InChI is InChI=1S/C9H8N2O4/c12-7-8(13)11-6-4(9(14)15)2-1-3-5(6)10-7/h1-3,9,14-15H,(H,10,12)(H,11,13). The minimum absolute atomic E-state index is 0.140. The molecule has 2 rings (SSSR count). The summed E-state index contributed by atoms with van der Waals surface area (Å²) in [5.74, 6) is 0. The van der Waals surface area contributed by atoms with Crippen LogP contribution in [-0.4, -0.2) is 20.2 Å². The zero-order valence-corrected chi connectivity index (χ0v) is 7.52. The average molecular weight is 208 g/mol. The van der Waals surface area contributed by atoms with Gasteiger partial charge in [0.2, 0.25) is 0 Å². The highest BCUT2D eigenvalue weighted by Crippen LogP contribution is 2.17. The van der Waals surface area contributed by atoms with Crippen molar-refractivity contribution in [3.63, 3.8) is 0 Å². The van der Waals surface area contributed by atoms with Gasteiger partial charge in [-0.2, -0.15) is 0 Å². The van der Waals surface area contributed by atoms with E-state index in [1.165, 1.54) is 6.07 Å². The van der Waals surface area contributed by atoms with Crippen molar-refractivity contribution in [3.8, 4) is 0 Å². The Morgan fingerprint density at radius 3 is 2.40 bits per heavy atom. The third-order valence-corrected chi connectivity index (χ3v) is 2.07. The van der Waals surface area contributed by atoms with E-state index in [0.717, 1.165) is 0 Å². The van der Waals surface area contributed by atoms with Crippen molar-refractivity contribution >= 4 is 11.0 Å². The Balaban J connectivity index is 2.92. The maximum Gasteiger partial charge on any atom is 0.314 e. The first-order valence-corrected chi connectivity index (χ1v) is 4.21. The number of hydrogen-bond donors (Lipinski definition) is 4. The van der Waals surface area contributed by atoms with E-state index in [9.17, 15) is 9.59 Å². The zero-order valence-electron chi connectivity index (χ0n) is 7.52. The molecule has 78 valence electrons. The number of aromatic nitrogens is 2. The van der Waals surface area contributed by atoms with Gasteiger partial charge in [0.25, 0.3) is 0 Å². The molecule has 0 aliphatic heterocycles. The van der Waals surface area contributed by atoms with Gasteiger partial charge >= 0.3 is 11.1 Å². The smallest absolute Gasteiger partial charge is 0.314 e. The van der Waals surface area contributed by atoms with Gasteiger partial charge in [-0.1, -0.05) is 12.1 Å². The number of fused-ring (bicyclic) bond motifs is 1. The van der Waals surface area contributed by atoms with Gasteiger partial charge in [-0.15, -0.1) is 0 Å². The molecule has 0 aliphatic carbocycles. The van der Waals surface area contributed by atoms with Crippen LogP contribution < -0.4 is 11.1 Å². The summed E-state index contributed by atoms with van der Waals surface area (Å²) in [7, 11) is 0. The molecular weight excluding hydrogens is 200 g/mol. The summed E-state index contributed by atoms with van der Waals surface area (Å²) >= 11 is 0. The molecule has 0 atom stereocenters. The van der Waals surface area contributed by atoms with Gasteiger partial charge in [0.15, 0.2) is 6.29 Å². The summed E-state index contributed by atoms with van der Waals surface area (Å²) in [5.41, 5.74) is -0.883. The molecule has 0 aliphatic rings. The minimum atomic E-state index is -1.70. The number of nitrogens with one attached hydrogen (secondary N) is 2. The summed E-state index contributed by atoms with van der Waals surface area (Å²) in [6, 6.07) is 4.55. The molecular formula is C9H8N2O4. The highest BCUT2D eigenvalue weighted by atomic mass is 16.5. The van der Waals surface area contributed by atoms with Crippen molar-refractivity contribution in [2.75, 3.05) is 0 Å². The highest BCUT2D eigenvalue weighted by molar-refractivity contribution is 5.77. The summed E-state index contributed by atoms with van der Waals surface area (Å²) in [4.78, 5) is 26.7. The lowest BCUT2D eigenvalue weighted by molar-refractivity contribution is -0.0414. The first kappa shape index (κ1) is 9.63. The van der Waals surface area contributed by atoms with E-state index in [-0.39, 0.29) is 11.1 Å². The van der Waals surface area contributed by atoms with Gasteiger partial charge in [0.1, 0.15) is 0 Å². The normalized spacial score (nSPS) is 11.1. The number of aromatic amines is 2. The third-order valence-electron chi connectivity index (χ3n) is 2.07. The molecule has 6 nitrogen and oxygen atoms in total. The molecule has 0 saturated carbocycles. The summed E-state index contributed by atoms with van der Waals surface area (Å²) in [6.07, 6.45) is -1.70. The van der Waals surface area contributed by atoms with Gasteiger partial charge in [0, 0.05) is 5.56 Å². The van der Waals surface area contributed by atoms with Gasteiger partial charge < -0.3 is 20.2 Å². The van der Waals surface area contributed by atoms with E-state index in [0.29, 0.717) is 5.52 Å². The van der Waals surface area contributed by atoms with Crippen LogP contribution in [0.25, 0.3) is 11.0 Å². The van der Waals surface area contributed by atoms with E-state index in [4.69, 9.17) is 10.2 Å². The van der Waals surface area contributed by atoms with Gasteiger partial charge in [-0.3, -0.25) is 9.59 Å². The molecule has 0 saturated heterocycles. The van der Waals surface area contributed by atoms with Crippen LogP contribution in [-0.2, 0) is 0 Å². The second-order valence-electron chi connectivity index (χ2n) is 3.05. The molecule has 1 aromatic carbocycles. The Morgan fingerprint density at radius 1 is 1.07 bits per heavy atom. The van der Waals surface area contributed by atoms with E-state index < -0.39 is 17.4 Å². The third kappa shape index (κ3) is 1.56. The van der Waals surface area contributed by atoms with Gasteiger partial charge in [0.05, 0.1) is 11.0 Å². The fourth-order valence-corrected chi connectivity index (χ4v) is 1.38. The predicted molar refractivity (Wildman–Crippen MR) is 52.4 cm³/mol. The van der Waals surface area contributed by atoms with E-state index in [1.54, 1.807) is 12.1 Å². The SMILES string of the molecule is O=c1[nH]c2cccc(C(O)O)c2[nH]c1=O. The maximum absolute atomic E-state index is 11.0. The van der Waals surface area contributed by atoms with Crippen LogP contribution in [0.15, 0.2) is 27.8 Å². The number of benzene rings is 1. The molecule has 0 bridgehead atoms. The van der Waals surface area contributed by atoms with Gasteiger partial charge in [-0.05, 0) is 6.07 Å². The average Bonchev–Trinajstić information content (AvgIpc) is 2.18. The molecule has 0 spiro atoms. The van der Waals surface area contributed by atoms with Crippen LogP contribution in [0.5, 0.6) is 0 Å². The first-order chi connectivity index (χ1) is 7.09. The fraction of sp³-hybridized carbons (Fsp3) is 0.111. The Bertz CT molecular complexity index is 611. The maximum atomic E-state index is 11.0. The van der Waals surface area contributed by atoms with Crippen LogP contribution in [0.2, 0.25) is 0 Å². The van der Waals surface area contributed by atoms with Crippen molar-refractivity contribution < 1.29 is 10.2 Å². The van der Waals surface area contributed by atoms with E-state index in [1.807, 2.05) is 0 Å². The molecule has 0 fully saturated rings. The molecule has 15 heavy (non-hydrogen) atoms. The zero-order chi connectivity index (χ0) is 11.0. The lowest BCUT2D eigenvalue weighted by Gasteiger charge is -2.06. The molecule has 1 aromatic heterocycles. The number of rotatable bonds is 1. The van der Waals surface area contributed by atoms with Crippen molar-refractivity contribution in [2.24, 2.45) is 0 Å². The van der Waals surface area contributed by atoms with Crippen LogP contribution in [0, 0.1) is 0 Å². The molecule has 1 heterocycles. The molecule has 6 heteroatoms. The Hall–Kier alpha value is -1.92. The summed E-state index contributed by atoms with van der Waals surface area (Å²) in [5, 5.41) is 18.0. The van der Waals surface area contributed by atoms with Crippen molar-refractivity contribution in [1.82, 2.24) is 9.97 Å². The largest absolute Gasteiger partial charge is 0.364 e. The number of hydrogen-bond acceptors (Lipinski definition) is 4. The number of aliphatic hydroxyl groups excluding tert-OH is 1. The van der Waals surface area contributed by atoms with Crippen molar-refractivity contribution in [2.45, 2.75) is 6.29 Å². The topological polar surface area (TPSA) is 106 Å². The molecule has 2 aromatic rings. The molecule has 0 amide bonds. The second-order valence-corrected chi connectivity index (χ2v) is 3.05. The molecule has 4 N–H and O–H groups in total. The van der Waals surface area contributed by atoms with Crippen LogP contribution in [0.1, 0.15) is 11.9 Å². The molecule has 0 radical (unpaired) electrons. The lowest BCUT2D eigenvalue weighted by atomic mass is 10.1. The van der Waals surface area contributed by atoms with Crippen LogP contribution in [0.4, 0.5) is 0 Å². The fourth-order valence-electron chi connectivity index (χ4n) is 1.38. The van der Waals surface area contributed by atoms with Crippen molar-refractivity contribution in [3.05, 3.63) is 44.5 Å². The molecule has 0 unspecified atom stereocenters. The quantitative estimate of drug-likeness (QED) is 0.363. The summed E-state index contributed by atoms with van der Waals surface area (Å²) < 4.78 is 0. The van der Waals surface area contributed by atoms with Gasteiger partial charge in [-0.25, -0.2) is 0 Å². The Kier molecular flexibility index (Phi) is 2.14. The Labute approximate surface area is 82.8 Å². The second kappa shape index (κ2) is 3.34. The van der Waals surface area contributed by atoms with E-state index in [2.05, 4.69) is 9.97 Å². The lowest BCUT2D eigenvalue weighted by Crippen LogP contribution is -2.29. The summed E-state index contributed by atoms with van der Waals surface area (Å²) in [6.45, 7) is 0. The minimum Gasteiger partial charge on any atom is -0.364 e. The number of para-hydroxylation sites is 1. The predicted octanol–water partition coefficient (Wildman–Crippen LogP) is -0.800. The monoisotopic (exact) mass is 208 g/mol. The Morgan fingerprint density at radius 2 is 1.73 bits per heavy atom. The van der Waals surface area contributed by atoms with Crippen LogP contribution in [0.3, 0.4) is 0 Å². The number of aliphatic hydroxyl groups is 2. The van der Waals surface area contributed by atoms with Crippen molar-refractivity contribution in [1.29, 1.82) is 0 Å². The first-order valence-electron chi connectivity index (χ1n) is 4.21. The van der Waals surface area contributed by atoms with E-state index >= 15 is 0 Å².